The molecular formula is C20H22FNO3S. The molecule has 26 heavy (non-hydrogen) atoms. The van der Waals surface area contributed by atoms with Crippen LogP contribution in [0.25, 0.3) is 0 Å². The van der Waals surface area contributed by atoms with Gasteiger partial charge in [-0.3, -0.25) is 4.79 Å². The zero-order valence-electron chi connectivity index (χ0n) is 14.4. The molecule has 1 atom stereocenters. The second-order valence-electron chi connectivity index (χ2n) is 6.11. The van der Waals surface area contributed by atoms with E-state index < -0.39 is 0 Å². The van der Waals surface area contributed by atoms with Crippen LogP contribution < -0.4 is 10.1 Å². The number of nitrogens with one attached hydrogen (secondary N) is 1. The molecule has 138 valence electrons. The van der Waals surface area contributed by atoms with Gasteiger partial charge in [-0.2, -0.15) is 0 Å². The van der Waals surface area contributed by atoms with E-state index in [1.54, 1.807) is 12.1 Å². The molecule has 6 heteroatoms. The molecule has 0 spiro atoms. The summed E-state index contributed by atoms with van der Waals surface area (Å²) in [6.45, 7) is 1.87. The van der Waals surface area contributed by atoms with E-state index in [4.69, 9.17) is 9.47 Å². The first-order chi connectivity index (χ1) is 12.7. The van der Waals surface area contributed by atoms with Crippen molar-refractivity contribution in [2.45, 2.75) is 30.4 Å². The fourth-order valence-electron chi connectivity index (χ4n) is 2.60. The Morgan fingerprint density at radius 3 is 2.65 bits per heavy atom. The van der Waals surface area contributed by atoms with Gasteiger partial charge in [0.15, 0.2) is 0 Å². The summed E-state index contributed by atoms with van der Waals surface area (Å²) >= 11 is 1.38. The highest BCUT2D eigenvalue weighted by molar-refractivity contribution is 8.00. The Morgan fingerprint density at radius 1 is 1.19 bits per heavy atom. The Morgan fingerprint density at radius 2 is 1.96 bits per heavy atom. The smallest absolute Gasteiger partial charge is 0.230 e. The summed E-state index contributed by atoms with van der Waals surface area (Å²) in [5.74, 6) is 0.774. The number of thioether (sulfide) groups is 1. The fraction of sp³-hybridized carbons (Fsp3) is 0.350. The number of carbonyl (C=O) groups is 1. The van der Waals surface area contributed by atoms with Crippen LogP contribution in [0.15, 0.2) is 53.4 Å². The number of hydrogen-bond donors (Lipinski definition) is 1. The van der Waals surface area contributed by atoms with Crippen LogP contribution in [0.3, 0.4) is 0 Å². The predicted molar refractivity (Wildman–Crippen MR) is 99.9 cm³/mol. The number of amides is 1. The van der Waals surface area contributed by atoms with E-state index in [-0.39, 0.29) is 17.8 Å². The number of benzene rings is 2. The average Bonchev–Trinajstić information content (AvgIpc) is 3.19. The molecule has 1 aliphatic heterocycles. The van der Waals surface area contributed by atoms with Crippen LogP contribution in [0.1, 0.15) is 18.4 Å². The van der Waals surface area contributed by atoms with Crippen molar-refractivity contribution in [3.8, 4) is 5.75 Å². The Kier molecular flexibility index (Phi) is 6.91. The van der Waals surface area contributed by atoms with Gasteiger partial charge in [0.1, 0.15) is 18.2 Å². The van der Waals surface area contributed by atoms with Crippen molar-refractivity contribution in [2.24, 2.45) is 0 Å². The highest BCUT2D eigenvalue weighted by Gasteiger charge is 2.15. The normalized spacial score (nSPS) is 16.4. The Balaban J connectivity index is 1.36. The van der Waals surface area contributed by atoms with Gasteiger partial charge in [0, 0.05) is 18.0 Å². The van der Waals surface area contributed by atoms with Crippen LogP contribution in [0.5, 0.6) is 5.75 Å². The molecule has 3 rings (SSSR count). The molecular weight excluding hydrogens is 353 g/mol. The van der Waals surface area contributed by atoms with Crippen molar-refractivity contribution in [1.29, 1.82) is 0 Å². The first kappa shape index (κ1) is 18.7. The summed E-state index contributed by atoms with van der Waals surface area (Å²) in [7, 11) is 0. The van der Waals surface area contributed by atoms with Gasteiger partial charge in [-0.25, -0.2) is 4.39 Å². The number of carbonyl (C=O) groups excluding carboxylic acids is 1. The Labute approximate surface area is 157 Å². The maximum atomic E-state index is 12.8. The van der Waals surface area contributed by atoms with Gasteiger partial charge < -0.3 is 14.8 Å². The first-order valence-electron chi connectivity index (χ1n) is 8.67. The van der Waals surface area contributed by atoms with Gasteiger partial charge in [-0.1, -0.05) is 12.1 Å². The van der Waals surface area contributed by atoms with E-state index in [0.717, 1.165) is 35.7 Å². The number of hydrogen-bond acceptors (Lipinski definition) is 4. The van der Waals surface area contributed by atoms with Crippen molar-refractivity contribution in [2.75, 3.05) is 19.0 Å². The Bertz CT molecular complexity index is 700. The van der Waals surface area contributed by atoms with Crippen LogP contribution in [-0.4, -0.2) is 31.0 Å². The standard InChI is InChI=1S/C20H22FNO3S/c21-16-5-9-19(10-6-16)26-14-20(23)22-12-15-3-7-17(8-4-15)25-13-18-2-1-11-24-18/h3-10,18H,1-2,11-14H2,(H,22,23). The molecule has 0 aromatic heterocycles. The molecule has 1 aliphatic rings. The summed E-state index contributed by atoms with van der Waals surface area (Å²) in [6, 6.07) is 13.8. The molecule has 1 heterocycles. The molecule has 0 radical (unpaired) electrons. The quantitative estimate of drug-likeness (QED) is 0.713. The molecule has 1 fully saturated rings. The molecule has 2 aromatic carbocycles. The highest BCUT2D eigenvalue weighted by atomic mass is 32.2. The van der Waals surface area contributed by atoms with Gasteiger partial charge >= 0.3 is 0 Å². The Hall–Kier alpha value is -2.05. The van der Waals surface area contributed by atoms with Crippen LogP contribution in [0.4, 0.5) is 4.39 Å². The number of rotatable bonds is 8. The molecule has 1 amide bonds. The molecule has 1 N–H and O–H groups in total. The van der Waals surface area contributed by atoms with E-state index in [1.165, 1.54) is 23.9 Å². The van der Waals surface area contributed by atoms with E-state index in [9.17, 15) is 9.18 Å². The zero-order chi connectivity index (χ0) is 18.2. The van der Waals surface area contributed by atoms with E-state index >= 15 is 0 Å². The van der Waals surface area contributed by atoms with Crippen molar-refractivity contribution in [1.82, 2.24) is 5.32 Å². The number of halogens is 1. The largest absolute Gasteiger partial charge is 0.491 e. The van der Waals surface area contributed by atoms with Crippen LogP contribution in [0.2, 0.25) is 0 Å². The predicted octanol–water partition coefficient (Wildman–Crippen LogP) is 3.79. The minimum Gasteiger partial charge on any atom is -0.491 e. The lowest BCUT2D eigenvalue weighted by Crippen LogP contribution is -2.24. The summed E-state index contributed by atoms with van der Waals surface area (Å²) in [6.07, 6.45) is 2.36. The first-order valence-corrected chi connectivity index (χ1v) is 9.66. The fourth-order valence-corrected chi connectivity index (χ4v) is 3.33. The summed E-state index contributed by atoms with van der Waals surface area (Å²) < 4.78 is 24.1. The third kappa shape index (κ3) is 6.04. The third-order valence-electron chi connectivity index (χ3n) is 4.06. The minimum absolute atomic E-state index is 0.0574. The molecule has 1 unspecified atom stereocenters. The second-order valence-corrected chi connectivity index (χ2v) is 7.16. The molecule has 0 saturated carbocycles. The zero-order valence-corrected chi connectivity index (χ0v) is 15.3. The molecule has 0 bridgehead atoms. The molecule has 2 aromatic rings. The van der Waals surface area contributed by atoms with E-state index in [0.29, 0.717) is 18.9 Å². The SMILES string of the molecule is O=C(CSc1ccc(F)cc1)NCc1ccc(OCC2CCCO2)cc1. The van der Waals surface area contributed by atoms with Crippen LogP contribution in [0, 0.1) is 5.82 Å². The average molecular weight is 375 g/mol. The van der Waals surface area contributed by atoms with Gasteiger partial charge in [0.2, 0.25) is 5.91 Å². The van der Waals surface area contributed by atoms with Crippen molar-refractivity contribution in [3.63, 3.8) is 0 Å². The minimum atomic E-state index is -0.276. The van der Waals surface area contributed by atoms with Gasteiger partial charge in [-0.15, -0.1) is 11.8 Å². The van der Waals surface area contributed by atoms with Crippen LogP contribution >= 0.6 is 11.8 Å². The lowest BCUT2D eigenvalue weighted by Gasteiger charge is -2.12. The van der Waals surface area contributed by atoms with Crippen molar-refractivity contribution >= 4 is 17.7 Å². The maximum absolute atomic E-state index is 12.8. The molecule has 0 aliphatic carbocycles. The van der Waals surface area contributed by atoms with Crippen molar-refractivity contribution in [3.05, 3.63) is 59.9 Å². The number of ether oxygens (including phenoxy) is 2. The van der Waals surface area contributed by atoms with Gasteiger partial charge in [0.25, 0.3) is 0 Å². The monoisotopic (exact) mass is 375 g/mol. The van der Waals surface area contributed by atoms with Gasteiger partial charge in [0.05, 0.1) is 11.9 Å². The van der Waals surface area contributed by atoms with E-state index in [1.807, 2.05) is 24.3 Å². The lowest BCUT2D eigenvalue weighted by atomic mass is 10.2. The molecule has 1 saturated heterocycles. The summed E-state index contributed by atoms with van der Waals surface area (Å²) in [5.41, 5.74) is 1.01. The summed E-state index contributed by atoms with van der Waals surface area (Å²) in [4.78, 5) is 12.8. The summed E-state index contributed by atoms with van der Waals surface area (Å²) in [5, 5.41) is 2.88. The third-order valence-corrected chi connectivity index (χ3v) is 5.07. The van der Waals surface area contributed by atoms with E-state index in [2.05, 4.69) is 5.32 Å². The van der Waals surface area contributed by atoms with Crippen LogP contribution in [-0.2, 0) is 16.1 Å². The van der Waals surface area contributed by atoms with Crippen molar-refractivity contribution < 1.29 is 18.7 Å². The lowest BCUT2D eigenvalue weighted by molar-refractivity contribution is -0.118. The second kappa shape index (κ2) is 9.59. The highest BCUT2D eigenvalue weighted by Crippen LogP contribution is 2.18. The maximum Gasteiger partial charge on any atom is 0.230 e. The topological polar surface area (TPSA) is 47.6 Å². The van der Waals surface area contributed by atoms with Gasteiger partial charge in [-0.05, 0) is 54.8 Å². The molecule has 4 nitrogen and oxygen atoms in total.